The summed E-state index contributed by atoms with van der Waals surface area (Å²) in [5.74, 6) is 0.602. The van der Waals surface area contributed by atoms with Crippen molar-refractivity contribution in [3.8, 4) is 11.1 Å². The molecule has 0 fully saturated rings. The number of hydrogen-bond acceptors (Lipinski definition) is 2. The molecule has 2 rings (SSSR count). The quantitative estimate of drug-likeness (QED) is 0.822. The third-order valence-electron chi connectivity index (χ3n) is 2.87. The summed E-state index contributed by atoms with van der Waals surface area (Å²) in [6.07, 6.45) is 3.99. The average molecular weight is 229 g/mol. The highest BCUT2D eigenvalue weighted by Gasteiger charge is 2.07. The van der Waals surface area contributed by atoms with E-state index in [2.05, 4.69) is 31.2 Å². The Kier molecular flexibility index (Phi) is 3.18. The van der Waals surface area contributed by atoms with Gasteiger partial charge in [-0.05, 0) is 30.0 Å². The van der Waals surface area contributed by atoms with E-state index < -0.39 is 0 Å². The van der Waals surface area contributed by atoms with E-state index in [1.807, 2.05) is 29.9 Å². The van der Waals surface area contributed by atoms with E-state index in [9.17, 15) is 0 Å². The first-order chi connectivity index (χ1) is 8.08. The lowest BCUT2D eigenvalue weighted by molar-refractivity contribution is 0.483. The van der Waals surface area contributed by atoms with E-state index in [-0.39, 0.29) is 0 Å². The fraction of sp³-hybridized carbons (Fsp3) is 0.357. The molecule has 0 saturated heterocycles. The van der Waals surface area contributed by atoms with Gasteiger partial charge in [-0.2, -0.15) is 5.10 Å². The predicted molar refractivity (Wildman–Crippen MR) is 71.7 cm³/mol. The molecule has 0 amide bonds. The highest BCUT2D eigenvalue weighted by atomic mass is 15.3. The first kappa shape index (κ1) is 11.7. The molecule has 0 atom stereocenters. The van der Waals surface area contributed by atoms with Crippen LogP contribution in [0.15, 0.2) is 30.6 Å². The molecule has 2 N–H and O–H groups in total. The number of hydrogen-bond donors (Lipinski definition) is 1. The Morgan fingerprint density at radius 1 is 1.35 bits per heavy atom. The van der Waals surface area contributed by atoms with Gasteiger partial charge < -0.3 is 5.73 Å². The van der Waals surface area contributed by atoms with Crippen LogP contribution in [-0.4, -0.2) is 9.78 Å². The van der Waals surface area contributed by atoms with Crippen LogP contribution >= 0.6 is 0 Å². The van der Waals surface area contributed by atoms with Crippen LogP contribution in [0.2, 0.25) is 0 Å². The predicted octanol–water partition coefficient (Wildman–Crippen LogP) is 3.10. The summed E-state index contributed by atoms with van der Waals surface area (Å²) < 4.78 is 1.99. The van der Waals surface area contributed by atoms with Gasteiger partial charge in [0.1, 0.15) is 0 Å². The lowest BCUT2D eigenvalue weighted by Crippen LogP contribution is -2.04. The van der Waals surface area contributed by atoms with Gasteiger partial charge in [-0.25, -0.2) is 0 Å². The van der Waals surface area contributed by atoms with Gasteiger partial charge in [0.15, 0.2) is 0 Å². The SMILES string of the molecule is Cc1c(N)cccc1-c1cnn(CC(C)C)c1. The zero-order valence-corrected chi connectivity index (χ0v) is 10.6. The molecule has 0 unspecified atom stereocenters. The zero-order chi connectivity index (χ0) is 12.4. The van der Waals surface area contributed by atoms with Crippen molar-refractivity contribution < 1.29 is 0 Å². The zero-order valence-electron chi connectivity index (χ0n) is 10.6. The van der Waals surface area contributed by atoms with Crippen molar-refractivity contribution in [3.05, 3.63) is 36.2 Å². The molecular weight excluding hydrogens is 210 g/mol. The molecule has 0 saturated carbocycles. The van der Waals surface area contributed by atoms with Gasteiger partial charge in [0.05, 0.1) is 6.20 Å². The van der Waals surface area contributed by atoms with Gasteiger partial charge in [0.25, 0.3) is 0 Å². The Balaban J connectivity index is 2.34. The van der Waals surface area contributed by atoms with E-state index >= 15 is 0 Å². The largest absolute Gasteiger partial charge is 0.398 e. The molecule has 90 valence electrons. The highest BCUT2D eigenvalue weighted by Crippen LogP contribution is 2.26. The van der Waals surface area contributed by atoms with Crippen molar-refractivity contribution in [1.82, 2.24) is 9.78 Å². The van der Waals surface area contributed by atoms with Gasteiger partial charge in [0, 0.05) is 24.0 Å². The van der Waals surface area contributed by atoms with Crippen LogP contribution < -0.4 is 5.73 Å². The minimum Gasteiger partial charge on any atom is -0.398 e. The third kappa shape index (κ3) is 2.49. The van der Waals surface area contributed by atoms with Crippen LogP contribution in [-0.2, 0) is 6.54 Å². The Hall–Kier alpha value is -1.77. The molecule has 3 nitrogen and oxygen atoms in total. The molecular formula is C14H19N3. The Labute approximate surface area is 102 Å². The molecule has 0 spiro atoms. The van der Waals surface area contributed by atoms with Crippen LogP contribution in [0.5, 0.6) is 0 Å². The molecule has 17 heavy (non-hydrogen) atoms. The minimum atomic E-state index is 0.602. The van der Waals surface area contributed by atoms with E-state index in [1.165, 1.54) is 5.56 Å². The summed E-state index contributed by atoms with van der Waals surface area (Å²) in [6.45, 7) is 7.37. The Morgan fingerprint density at radius 3 is 2.82 bits per heavy atom. The second-order valence-electron chi connectivity index (χ2n) is 4.86. The molecule has 2 aromatic rings. The number of aromatic nitrogens is 2. The van der Waals surface area contributed by atoms with Crippen molar-refractivity contribution in [2.75, 3.05) is 5.73 Å². The molecule has 0 aliphatic carbocycles. The van der Waals surface area contributed by atoms with Crippen LogP contribution in [0, 0.1) is 12.8 Å². The number of nitrogens with two attached hydrogens (primary N) is 1. The minimum absolute atomic E-state index is 0.602. The summed E-state index contributed by atoms with van der Waals surface area (Å²) >= 11 is 0. The second-order valence-corrected chi connectivity index (χ2v) is 4.86. The summed E-state index contributed by atoms with van der Waals surface area (Å²) in [6, 6.07) is 6.00. The van der Waals surface area contributed by atoms with E-state index in [1.54, 1.807) is 0 Å². The van der Waals surface area contributed by atoms with Gasteiger partial charge in [-0.3, -0.25) is 4.68 Å². The van der Waals surface area contributed by atoms with Crippen molar-refractivity contribution in [3.63, 3.8) is 0 Å². The number of rotatable bonds is 3. The number of nitrogen functional groups attached to an aromatic ring is 1. The Bertz CT molecular complexity index is 512. The topological polar surface area (TPSA) is 43.8 Å². The van der Waals surface area contributed by atoms with Crippen LogP contribution in [0.1, 0.15) is 19.4 Å². The molecule has 1 heterocycles. The normalized spacial score (nSPS) is 11.1. The maximum Gasteiger partial charge on any atom is 0.0568 e. The fourth-order valence-electron chi connectivity index (χ4n) is 1.94. The molecule has 0 aliphatic rings. The fourth-order valence-corrected chi connectivity index (χ4v) is 1.94. The lowest BCUT2D eigenvalue weighted by Gasteiger charge is -2.06. The van der Waals surface area contributed by atoms with Crippen LogP contribution in [0.25, 0.3) is 11.1 Å². The summed E-state index contributed by atoms with van der Waals surface area (Å²) in [5, 5.41) is 4.38. The van der Waals surface area contributed by atoms with Crippen molar-refractivity contribution in [1.29, 1.82) is 0 Å². The molecule has 0 aliphatic heterocycles. The van der Waals surface area contributed by atoms with Gasteiger partial charge in [-0.1, -0.05) is 26.0 Å². The monoisotopic (exact) mass is 229 g/mol. The maximum absolute atomic E-state index is 5.92. The number of nitrogens with zero attached hydrogens (tertiary/aromatic N) is 2. The maximum atomic E-state index is 5.92. The van der Waals surface area contributed by atoms with E-state index in [0.717, 1.165) is 23.4 Å². The first-order valence-electron chi connectivity index (χ1n) is 5.96. The summed E-state index contributed by atoms with van der Waals surface area (Å²) in [5.41, 5.74) is 10.2. The summed E-state index contributed by atoms with van der Waals surface area (Å²) in [4.78, 5) is 0. The molecule has 1 aromatic heterocycles. The smallest absolute Gasteiger partial charge is 0.0568 e. The van der Waals surface area contributed by atoms with E-state index in [0.29, 0.717) is 5.92 Å². The van der Waals surface area contributed by atoms with Gasteiger partial charge in [0.2, 0.25) is 0 Å². The summed E-state index contributed by atoms with van der Waals surface area (Å²) in [7, 11) is 0. The van der Waals surface area contributed by atoms with Crippen molar-refractivity contribution in [2.45, 2.75) is 27.3 Å². The molecule has 1 aromatic carbocycles. The molecule has 0 radical (unpaired) electrons. The second kappa shape index (κ2) is 4.62. The third-order valence-corrected chi connectivity index (χ3v) is 2.87. The van der Waals surface area contributed by atoms with E-state index in [4.69, 9.17) is 5.73 Å². The van der Waals surface area contributed by atoms with Gasteiger partial charge in [-0.15, -0.1) is 0 Å². The standard InChI is InChI=1S/C14H19N3/c1-10(2)8-17-9-12(7-16-17)13-5-4-6-14(15)11(13)3/h4-7,9-10H,8,15H2,1-3H3. The van der Waals surface area contributed by atoms with Crippen LogP contribution in [0.4, 0.5) is 5.69 Å². The molecule has 3 heteroatoms. The van der Waals surface area contributed by atoms with Crippen molar-refractivity contribution in [2.24, 2.45) is 5.92 Å². The van der Waals surface area contributed by atoms with Gasteiger partial charge >= 0.3 is 0 Å². The lowest BCUT2D eigenvalue weighted by atomic mass is 10.0. The van der Waals surface area contributed by atoms with Crippen LogP contribution in [0.3, 0.4) is 0 Å². The first-order valence-corrected chi connectivity index (χ1v) is 5.96. The number of benzene rings is 1. The Morgan fingerprint density at radius 2 is 2.12 bits per heavy atom. The average Bonchev–Trinajstić information content (AvgIpc) is 2.69. The number of anilines is 1. The van der Waals surface area contributed by atoms with Crippen molar-refractivity contribution >= 4 is 5.69 Å². The highest BCUT2D eigenvalue weighted by molar-refractivity contribution is 5.71. The molecule has 0 bridgehead atoms.